The molecule has 1 aromatic rings. The Morgan fingerprint density at radius 1 is 1.08 bits per heavy atom. The van der Waals surface area contributed by atoms with E-state index in [0.29, 0.717) is 13.1 Å². The third-order valence-corrected chi connectivity index (χ3v) is 5.21. The lowest BCUT2D eigenvalue weighted by molar-refractivity contribution is -0.135. The topological polar surface area (TPSA) is 52.7 Å². The zero-order chi connectivity index (χ0) is 18.0. The second-order valence-electron chi connectivity index (χ2n) is 7.09. The predicted molar refractivity (Wildman–Crippen MR) is 93.3 cm³/mol. The molecule has 5 nitrogen and oxygen atoms in total. The van der Waals surface area contributed by atoms with E-state index in [-0.39, 0.29) is 35.6 Å². The lowest BCUT2D eigenvalue weighted by Crippen LogP contribution is -2.55. The van der Waals surface area contributed by atoms with Gasteiger partial charge in [-0.3, -0.25) is 14.5 Å². The number of carbonyl (C=O) groups excluding carboxylic acids is 2. The first-order valence-corrected chi connectivity index (χ1v) is 9.04. The smallest absolute Gasteiger partial charge is 0.237 e. The molecule has 1 saturated carbocycles. The monoisotopic (exact) mass is 347 g/mol. The molecule has 6 heteroatoms. The second kappa shape index (κ2) is 7.52. The lowest BCUT2D eigenvalue weighted by Gasteiger charge is -2.37. The summed E-state index contributed by atoms with van der Waals surface area (Å²) in [5, 5.41) is 2.99. The molecule has 0 aromatic heterocycles. The van der Waals surface area contributed by atoms with Crippen LogP contribution in [0.3, 0.4) is 0 Å². The van der Waals surface area contributed by atoms with Crippen LogP contribution < -0.4 is 5.32 Å². The van der Waals surface area contributed by atoms with Gasteiger partial charge >= 0.3 is 0 Å². The van der Waals surface area contributed by atoms with E-state index in [4.69, 9.17) is 0 Å². The third-order valence-electron chi connectivity index (χ3n) is 5.21. The molecule has 0 unspecified atom stereocenters. The van der Waals surface area contributed by atoms with Crippen LogP contribution >= 0.6 is 0 Å². The van der Waals surface area contributed by atoms with Crippen molar-refractivity contribution in [1.29, 1.82) is 0 Å². The molecule has 1 heterocycles. The van der Waals surface area contributed by atoms with Crippen molar-refractivity contribution < 1.29 is 14.0 Å². The molecule has 1 N–H and O–H groups in total. The molecule has 25 heavy (non-hydrogen) atoms. The van der Waals surface area contributed by atoms with Gasteiger partial charge in [-0.05, 0) is 44.4 Å². The van der Waals surface area contributed by atoms with Gasteiger partial charge in [0, 0.05) is 32.1 Å². The van der Waals surface area contributed by atoms with Gasteiger partial charge in [0.25, 0.3) is 0 Å². The Kier molecular flexibility index (Phi) is 5.37. The predicted octanol–water partition coefficient (Wildman–Crippen LogP) is 1.95. The average Bonchev–Trinajstić information content (AvgIpc) is 3.46. The Balaban J connectivity index is 1.49. The highest BCUT2D eigenvalue weighted by molar-refractivity contribution is 5.82. The number of benzene rings is 1. The summed E-state index contributed by atoms with van der Waals surface area (Å²) in [5.41, 5.74) is 0.877. The van der Waals surface area contributed by atoms with Crippen LogP contribution in [0.2, 0.25) is 0 Å². The molecule has 3 rings (SSSR count). The van der Waals surface area contributed by atoms with Crippen LogP contribution in [0.1, 0.15) is 38.3 Å². The van der Waals surface area contributed by atoms with E-state index < -0.39 is 0 Å². The van der Waals surface area contributed by atoms with E-state index >= 15 is 0 Å². The highest BCUT2D eigenvalue weighted by Crippen LogP contribution is 2.31. The number of nitrogens with one attached hydrogen (secondary N) is 1. The Labute approximate surface area is 148 Å². The molecule has 0 radical (unpaired) electrons. The first-order chi connectivity index (χ1) is 12.0. The fraction of sp³-hybridized carbons (Fsp3) is 0.579. The minimum Gasteiger partial charge on any atom is -0.348 e. The first-order valence-electron chi connectivity index (χ1n) is 9.04. The van der Waals surface area contributed by atoms with Crippen molar-refractivity contribution in [2.75, 3.05) is 26.2 Å². The van der Waals surface area contributed by atoms with E-state index in [9.17, 15) is 14.0 Å². The van der Waals surface area contributed by atoms with E-state index in [0.717, 1.165) is 31.5 Å². The van der Waals surface area contributed by atoms with Crippen LogP contribution in [0, 0.1) is 11.7 Å². The molecular formula is C19H26FN3O2. The number of rotatable bonds is 5. The van der Waals surface area contributed by atoms with Crippen LogP contribution in [0.15, 0.2) is 24.3 Å². The minimum absolute atomic E-state index is 0.0428. The van der Waals surface area contributed by atoms with E-state index in [2.05, 4.69) is 10.2 Å². The summed E-state index contributed by atoms with van der Waals surface area (Å²) in [7, 11) is 0. The van der Waals surface area contributed by atoms with Crippen LogP contribution in [-0.4, -0.2) is 53.8 Å². The number of hydrogen-bond acceptors (Lipinski definition) is 3. The van der Waals surface area contributed by atoms with Gasteiger partial charge in [0.05, 0.1) is 12.1 Å². The molecule has 2 amide bonds. The molecule has 0 spiro atoms. The maximum Gasteiger partial charge on any atom is 0.237 e. The Morgan fingerprint density at radius 2 is 1.68 bits per heavy atom. The van der Waals surface area contributed by atoms with Crippen molar-refractivity contribution in [3.05, 3.63) is 35.6 Å². The van der Waals surface area contributed by atoms with Crippen LogP contribution in [0.5, 0.6) is 0 Å². The Hall–Kier alpha value is -1.95. The highest BCUT2D eigenvalue weighted by Gasteiger charge is 2.35. The average molecular weight is 347 g/mol. The van der Waals surface area contributed by atoms with Crippen LogP contribution in [-0.2, 0) is 9.59 Å². The molecule has 0 bridgehead atoms. The fourth-order valence-electron chi connectivity index (χ4n) is 3.25. The molecular weight excluding hydrogens is 321 g/mol. The molecule has 1 saturated heterocycles. The van der Waals surface area contributed by atoms with Gasteiger partial charge in [0.15, 0.2) is 0 Å². The van der Waals surface area contributed by atoms with E-state index in [1.54, 1.807) is 12.1 Å². The SMILES string of the molecule is C[C@H](NC(=O)[C@@H](C)N1CCN(C(=O)C2CC2)CC1)c1ccc(F)cc1. The van der Waals surface area contributed by atoms with Gasteiger partial charge in [-0.15, -0.1) is 0 Å². The first kappa shape index (κ1) is 17.9. The Morgan fingerprint density at radius 3 is 2.24 bits per heavy atom. The second-order valence-corrected chi connectivity index (χ2v) is 7.09. The van der Waals surface area contributed by atoms with Crippen molar-refractivity contribution in [2.24, 2.45) is 5.92 Å². The molecule has 2 aliphatic rings. The molecule has 136 valence electrons. The largest absolute Gasteiger partial charge is 0.348 e. The molecule has 1 aromatic carbocycles. The fourth-order valence-corrected chi connectivity index (χ4v) is 3.25. The molecule has 1 aliphatic heterocycles. The lowest BCUT2D eigenvalue weighted by atomic mass is 10.1. The number of hydrogen-bond donors (Lipinski definition) is 1. The van der Waals surface area contributed by atoms with Gasteiger partial charge in [0.1, 0.15) is 5.82 Å². The van der Waals surface area contributed by atoms with E-state index in [1.807, 2.05) is 18.7 Å². The van der Waals surface area contributed by atoms with Gasteiger partial charge in [-0.2, -0.15) is 0 Å². The van der Waals surface area contributed by atoms with Gasteiger partial charge in [0.2, 0.25) is 11.8 Å². The van der Waals surface area contributed by atoms with Crippen LogP contribution in [0.25, 0.3) is 0 Å². The van der Waals surface area contributed by atoms with Crippen molar-refractivity contribution >= 4 is 11.8 Å². The van der Waals surface area contributed by atoms with Crippen LogP contribution in [0.4, 0.5) is 4.39 Å². The summed E-state index contributed by atoms with van der Waals surface area (Å²) < 4.78 is 13.0. The van der Waals surface area contributed by atoms with Crippen molar-refractivity contribution in [3.8, 4) is 0 Å². The van der Waals surface area contributed by atoms with E-state index in [1.165, 1.54) is 12.1 Å². The Bertz CT molecular complexity index is 622. The molecule has 2 fully saturated rings. The highest BCUT2D eigenvalue weighted by atomic mass is 19.1. The summed E-state index contributed by atoms with van der Waals surface area (Å²) in [6, 6.07) is 5.75. The third kappa shape index (κ3) is 4.37. The summed E-state index contributed by atoms with van der Waals surface area (Å²) >= 11 is 0. The van der Waals surface area contributed by atoms with Crippen molar-refractivity contribution in [2.45, 2.75) is 38.8 Å². The number of amides is 2. The number of piperazine rings is 1. The zero-order valence-corrected chi connectivity index (χ0v) is 14.9. The number of halogens is 1. The molecule has 2 atom stereocenters. The standard InChI is InChI=1S/C19H26FN3O2/c1-13(15-5-7-17(20)8-6-15)21-18(24)14(2)22-9-11-23(12-10-22)19(25)16-3-4-16/h5-8,13-14,16H,3-4,9-12H2,1-2H3,(H,21,24)/t13-,14+/m0/s1. The maximum absolute atomic E-state index is 13.0. The zero-order valence-electron chi connectivity index (χ0n) is 14.9. The van der Waals surface area contributed by atoms with Gasteiger partial charge in [-0.1, -0.05) is 12.1 Å². The normalized spacial score (nSPS) is 20.8. The quantitative estimate of drug-likeness (QED) is 0.886. The number of nitrogens with zero attached hydrogens (tertiary/aromatic N) is 2. The molecule has 1 aliphatic carbocycles. The summed E-state index contributed by atoms with van der Waals surface area (Å²) in [6.45, 7) is 6.62. The van der Waals surface area contributed by atoms with Crippen molar-refractivity contribution in [1.82, 2.24) is 15.1 Å². The minimum atomic E-state index is -0.283. The summed E-state index contributed by atoms with van der Waals surface area (Å²) in [4.78, 5) is 28.7. The summed E-state index contributed by atoms with van der Waals surface area (Å²) in [6.07, 6.45) is 2.05. The summed E-state index contributed by atoms with van der Waals surface area (Å²) in [5.74, 6) is 0.207. The van der Waals surface area contributed by atoms with Gasteiger partial charge < -0.3 is 10.2 Å². The maximum atomic E-state index is 13.0. The van der Waals surface area contributed by atoms with Gasteiger partial charge in [-0.25, -0.2) is 4.39 Å². The van der Waals surface area contributed by atoms with Crippen molar-refractivity contribution in [3.63, 3.8) is 0 Å². The number of carbonyl (C=O) groups is 2.